The van der Waals surface area contributed by atoms with Gasteiger partial charge in [0.25, 0.3) is 0 Å². The molecule has 1 fully saturated rings. The molecule has 0 aliphatic carbocycles. The summed E-state index contributed by atoms with van der Waals surface area (Å²) in [5, 5.41) is 9.97. The number of aliphatic imine (C=N–C) groups is 1. The summed E-state index contributed by atoms with van der Waals surface area (Å²) in [6.45, 7) is 11.2. The molecule has 2 aliphatic rings. The first-order chi connectivity index (χ1) is 16.5. The van der Waals surface area contributed by atoms with E-state index in [1.165, 1.54) is 47.0 Å². The Kier molecular flexibility index (Phi) is 12.3. The van der Waals surface area contributed by atoms with E-state index in [9.17, 15) is 0 Å². The Labute approximate surface area is 217 Å². The number of likely N-dealkylation sites (tertiary alicyclic amines) is 1. The maximum Gasteiger partial charge on any atom is 0.108 e. The van der Waals surface area contributed by atoms with Gasteiger partial charge >= 0.3 is 0 Å². The number of fused-ring (bicyclic) bond motifs is 1. The van der Waals surface area contributed by atoms with Gasteiger partial charge < -0.3 is 15.5 Å². The van der Waals surface area contributed by atoms with Crippen LogP contribution in [0.15, 0.2) is 52.8 Å². The largest absolute Gasteiger partial charge is 0.355 e. The van der Waals surface area contributed by atoms with E-state index in [0.717, 1.165) is 30.5 Å². The standard InChI is InChI=1S/C16H30N4.C11H9Cl.CH4S/c1-5-12(3)7-8-14-15(6-2)18-11-19-16(14)20-9-13(10-20)17-4;1-8-4-2-5-9-6-3-7-10(12)11(8)9;1-2/h11-13,15,17H,5-10H2,1-4H3,(H,18,19);2-7H,1H3;2H,1H3. The first kappa shape index (κ1) is 28.5. The number of rotatable bonds is 7. The van der Waals surface area contributed by atoms with Crippen LogP contribution in [0.25, 0.3) is 10.8 Å². The van der Waals surface area contributed by atoms with Crippen LogP contribution in [0, 0.1) is 12.8 Å². The fourth-order valence-electron chi connectivity index (χ4n) is 4.39. The third-order valence-electron chi connectivity index (χ3n) is 6.82. The van der Waals surface area contributed by atoms with Crippen molar-refractivity contribution in [2.24, 2.45) is 10.9 Å². The third kappa shape index (κ3) is 7.40. The molecule has 2 aromatic carbocycles. The van der Waals surface area contributed by atoms with Crippen molar-refractivity contribution < 1.29 is 0 Å². The maximum absolute atomic E-state index is 6.06. The van der Waals surface area contributed by atoms with E-state index < -0.39 is 0 Å². The summed E-state index contributed by atoms with van der Waals surface area (Å²) >= 11 is 9.59. The summed E-state index contributed by atoms with van der Waals surface area (Å²) in [4.78, 5) is 7.09. The van der Waals surface area contributed by atoms with Gasteiger partial charge in [0.15, 0.2) is 0 Å². The number of hydrogen-bond donors (Lipinski definition) is 3. The van der Waals surface area contributed by atoms with Gasteiger partial charge in [-0.3, -0.25) is 4.99 Å². The average molecular weight is 503 g/mol. The summed E-state index contributed by atoms with van der Waals surface area (Å²) in [5.41, 5.74) is 2.75. The average Bonchev–Trinajstić information content (AvgIpc) is 2.84. The van der Waals surface area contributed by atoms with Crippen LogP contribution in [0.5, 0.6) is 0 Å². The molecule has 0 saturated carbocycles. The van der Waals surface area contributed by atoms with Gasteiger partial charge in [-0.25, -0.2) is 0 Å². The zero-order chi connectivity index (χ0) is 25.1. The minimum Gasteiger partial charge on any atom is -0.355 e. The van der Waals surface area contributed by atoms with Crippen LogP contribution in [0.4, 0.5) is 0 Å². The van der Waals surface area contributed by atoms with Crippen LogP contribution >= 0.6 is 24.2 Å². The van der Waals surface area contributed by atoms with Gasteiger partial charge in [-0.15, -0.1) is 0 Å². The number of aryl methyl sites for hydroxylation is 1. The van der Waals surface area contributed by atoms with Gasteiger partial charge in [0.2, 0.25) is 0 Å². The van der Waals surface area contributed by atoms with Crippen molar-refractivity contribution in [2.75, 3.05) is 26.4 Å². The maximum atomic E-state index is 6.06. The fraction of sp³-hybridized carbons (Fsp3) is 0.536. The monoisotopic (exact) mass is 502 g/mol. The van der Waals surface area contributed by atoms with E-state index >= 15 is 0 Å². The molecule has 1 saturated heterocycles. The Morgan fingerprint density at radius 1 is 1.18 bits per heavy atom. The van der Waals surface area contributed by atoms with Crippen LogP contribution in [0.2, 0.25) is 5.02 Å². The summed E-state index contributed by atoms with van der Waals surface area (Å²) in [6, 6.07) is 13.2. The van der Waals surface area contributed by atoms with E-state index in [-0.39, 0.29) is 0 Å². The third-order valence-corrected chi connectivity index (χ3v) is 7.14. The molecule has 2 unspecified atom stereocenters. The number of nitrogens with one attached hydrogen (secondary N) is 2. The molecule has 0 bridgehead atoms. The topological polar surface area (TPSA) is 39.7 Å². The molecule has 2 N–H and O–H groups in total. The number of nitrogens with zero attached hydrogens (tertiary/aromatic N) is 2. The van der Waals surface area contributed by atoms with Crippen LogP contribution in [0.3, 0.4) is 0 Å². The molecule has 2 aromatic rings. The van der Waals surface area contributed by atoms with Gasteiger partial charge in [0, 0.05) is 29.5 Å². The minimum atomic E-state index is 0.379. The molecular weight excluding hydrogens is 460 g/mol. The van der Waals surface area contributed by atoms with Crippen molar-refractivity contribution in [1.82, 2.24) is 15.5 Å². The van der Waals surface area contributed by atoms with Crippen molar-refractivity contribution in [1.29, 1.82) is 0 Å². The lowest BCUT2D eigenvalue weighted by molar-refractivity contribution is 0.166. The first-order valence-corrected chi connectivity index (χ1v) is 13.8. The van der Waals surface area contributed by atoms with E-state index in [2.05, 4.69) is 79.0 Å². The summed E-state index contributed by atoms with van der Waals surface area (Å²) in [7, 11) is 2.05. The minimum absolute atomic E-state index is 0.379. The Morgan fingerprint density at radius 2 is 1.85 bits per heavy atom. The highest BCUT2D eigenvalue weighted by Crippen LogP contribution is 2.28. The Morgan fingerprint density at radius 3 is 2.44 bits per heavy atom. The zero-order valence-corrected chi connectivity index (χ0v) is 23.4. The highest BCUT2D eigenvalue weighted by Gasteiger charge is 2.31. The molecule has 188 valence electrons. The number of thiol groups is 1. The van der Waals surface area contributed by atoms with E-state index in [1.54, 1.807) is 6.26 Å². The summed E-state index contributed by atoms with van der Waals surface area (Å²) in [5.74, 6) is 2.13. The number of likely N-dealkylation sites (N-methyl/N-ethyl adjacent to an activating group) is 1. The molecule has 2 aliphatic heterocycles. The van der Waals surface area contributed by atoms with Gasteiger partial charge in [0.05, 0.1) is 12.4 Å². The first-order valence-electron chi connectivity index (χ1n) is 12.5. The molecule has 2 heterocycles. The summed E-state index contributed by atoms with van der Waals surface area (Å²) in [6.07, 6.45) is 8.39. The van der Waals surface area contributed by atoms with Crippen LogP contribution in [-0.4, -0.2) is 49.7 Å². The highest BCUT2D eigenvalue weighted by molar-refractivity contribution is 7.79. The molecule has 0 radical (unpaired) electrons. The lowest BCUT2D eigenvalue weighted by atomic mass is 9.92. The lowest BCUT2D eigenvalue weighted by Crippen LogP contribution is -2.58. The van der Waals surface area contributed by atoms with E-state index in [0.29, 0.717) is 12.1 Å². The fourth-order valence-corrected chi connectivity index (χ4v) is 4.72. The molecule has 0 spiro atoms. The predicted molar refractivity (Wildman–Crippen MR) is 154 cm³/mol. The Bertz CT molecular complexity index is 916. The van der Waals surface area contributed by atoms with Crippen LogP contribution in [-0.2, 0) is 0 Å². The van der Waals surface area contributed by atoms with Crippen molar-refractivity contribution in [3.05, 3.63) is 58.4 Å². The second-order valence-electron chi connectivity index (χ2n) is 9.08. The SMILES string of the molecule is CCC(C)CCC1=C(N2CC(NC)C2)NC=NC1CC.CS.Cc1cccc2cccc(Cl)c12. The van der Waals surface area contributed by atoms with Gasteiger partial charge in [0.1, 0.15) is 5.82 Å². The molecule has 0 amide bonds. The summed E-state index contributed by atoms with van der Waals surface area (Å²) < 4.78 is 0. The molecule has 6 heteroatoms. The smallest absolute Gasteiger partial charge is 0.108 e. The second-order valence-corrected chi connectivity index (χ2v) is 9.48. The van der Waals surface area contributed by atoms with Gasteiger partial charge in [-0.2, -0.15) is 12.6 Å². The van der Waals surface area contributed by atoms with Crippen molar-refractivity contribution in [3.63, 3.8) is 0 Å². The Balaban J connectivity index is 0.000000248. The number of benzene rings is 2. The molecule has 4 rings (SSSR count). The molecular formula is C28H43ClN4S. The van der Waals surface area contributed by atoms with Crippen molar-refractivity contribution >= 4 is 41.3 Å². The van der Waals surface area contributed by atoms with E-state index in [4.69, 9.17) is 11.6 Å². The normalized spacial score (nSPS) is 18.4. The number of hydrogen-bond acceptors (Lipinski definition) is 5. The van der Waals surface area contributed by atoms with Gasteiger partial charge in [-0.05, 0) is 68.0 Å². The molecule has 4 nitrogen and oxygen atoms in total. The zero-order valence-electron chi connectivity index (χ0n) is 21.7. The quantitative estimate of drug-likeness (QED) is 0.369. The highest BCUT2D eigenvalue weighted by atomic mass is 35.5. The molecule has 34 heavy (non-hydrogen) atoms. The van der Waals surface area contributed by atoms with Crippen LogP contribution < -0.4 is 10.6 Å². The van der Waals surface area contributed by atoms with E-state index in [1.807, 2.05) is 31.6 Å². The van der Waals surface area contributed by atoms with Crippen LogP contribution in [0.1, 0.15) is 52.0 Å². The molecule has 0 aromatic heterocycles. The van der Waals surface area contributed by atoms with Gasteiger partial charge in [-0.1, -0.05) is 69.1 Å². The number of halogens is 1. The second kappa shape index (κ2) is 14.7. The lowest BCUT2D eigenvalue weighted by Gasteiger charge is -2.44. The Hall–Kier alpha value is -1.69. The van der Waals surface area contributed by atoms with Crippen molar-refractivity contribution in [2.45, 2.75) is 65.5 Å². The van der Waals surface area contributed by atoms with Crippen molar-refractivity contribution in [3.8, 4) is 0 Å². The molecule has 2 atom stereocenters. The predicted octanol–water partition coefficient (Wildman–Crippen LogP) is 6.69.